The number of pyridine rings is 1. The molecule has 0 fully saturated rings. The van der Waals surface area contributed by atoms with Crippen molar-refractivity contribution in [2.45, 2.75) is 26.9 Å². The summed E-state index contributed by atoms with van der Waals surface area (Å²) in [5, 5.41) is 8.88. The third kappa shape index (κ3) is 3.68. The van der Waals surface area contributed by atoms with E-state index in [-0.39, 0.29) is 6.61 Å². The fourth-order valence-electron chi connectivity index (χ4n) is 1.33. The van der Waals surface area contributed by atoms with E-state index in [1.165, 1.54) is 5.57 Å². The second-order valence-electron chi connectivity index (χ2n) is 3.36. The number of aliphatic hydroxyl groups is 1. The molecule has 0 atom stereocenters. The van der Waals surface area contributed by atoms with Crippen LogP contribution in [0.5, 0.6) is 0 Å². The van der Waals surface area contributed by atoms with E-state index in [0.717, 1.165) is 17.7 Å². The first-order valence-corrected chi connectivity index (χ1v) is 5.12. The van der Waals surface area contributed by atoms with Crippen molar-refractivity contribution in [3.8, 4) is 0 Å². The molecule has 1 N–H and O–H groups in total. The van der Waals surface area contributed by atoms with E-state index < -0.39 is 0 Å². The van der Waals surface area contributed by atoms with Gasteiger partial charge in [-0.3, -0.25) is 4.98 Å². The van der Waals surface area contributed by atoms with E-state index in [9.17, 15) is 0 Å². The smallest absolute Gasteiger partial charge is 0.0696 e. The van der Waals surface area contributed by atoms with Gasteiger partial charge in [0.1, 0.15) is 0 Å². The van der Waals surface area contributed by atoms with Crippen molar-refractivity contribution in [1.82, 2.24) is 4.98 Å². The molecular weight excluding hydrogens is 186 g/mol. The molecule has 0 bridgehead atoms. The van der Waals surface area contributed by atoms with Crippen LogP contribution in [-0.2, 0) is 13.0 Å². The van der Waals surface area contributed by atoms with Crippen LogP contribution in [0.4, 0.5) is 0 Å². The molecule has 0 aromatic carbocycles. The van der Waals surface area contributed by atoms with E-state index in [2.05, 4.69) is 17.1 Å². The zero-order valence-corrected chi connectivity index (χ0v) is 9.27. The lowest BCUT2D eigenvalue weighted by Crippen LogP contribution is -1.93. The molecule has 0 aliphatic rings. The van der Waals surface area contributed by atoms with Crippen molar-refractivity contribution in [2.75, 3.05) is 0 Å². The molecule has 2 nitrogen and oxygen atoms in total. The van der Waals surface area contributed by atoms with E-state index in [1.54, 1.807) is 6.20 Å². The standard InChI is InChI=1S/C13H17NO/c1-3-5-11(4-2)8-13-7-6-12(10-15)9-14-13/h3-7,9,15H,8,10H2,1-2H3/b5-3-,11-4+. The number of hydrogen-bond donors (Lipinski definition) is 1. The lowest BCUT2D eigenvalue weighted by Gasteiger charge is -2.02. The van der Waals surface area contributed by atoms with E-state index in [1.807, 2.05) is 32.1 Å². The van der Waals surface area contributed by atoms with Crippen LogP contribution < -0.4 is 0 Å². The molecule has 0 saturated heterocycles. The summed E-state index contributed by atoms with van der Waals surface area (Å²) in [6.07, 6.45) is 8.76. The van der Waals surface area contributed by atoms with Gasteiger partial charge in [-0.25, -0.2) is 0 Å². The first-order valence-electron chi connectivity index (χ1n) is 5.12. The summed E-state index contributed by atoms with van der Waals surface area (Å²) in [5.74, 6) is 0. The zero-order chi connectivity index (χ0) is 11.1. The van der Waals surface area contributed by atoms with Crippen LogP contribution in [0, 0.1) is 0 Å². The van der Waals surface area contributed by atoms with E-state index >= 15 is 0 Å². The van der Waals surface area contributed by atoms with E-state index in [4.69, 9.17) is 5.11 Å². The van der Waals surface area contributed by atoms with Gasteiger partial charge in [-0.05, 0) is 31.1 Å². The molecule has 0 aliphatic heterocycles. The van der Waals surface area contributed by atoms with Crippen molar-refractivity contribution in [2.24, 2.45) is 0 Å². The molecule has 0 saturated carbocycles. The first kappa shape index (κ1) is 11.7. The van der Waals surface area contributed by atoms with Gasteiger partial charge >= 0.3 is 0 Å². The lowest BCUT2D eigenvalue weighted by molar-refractivity contribution is 0.281. The Hall–Kier alpha value is -1.41. The van der Waals surface area contributed by atoms with Gasteiger partial charge in [-0.2, -0.15) is 0 Å². The third-order valence-corrected chi connectivity index (χ3v) is 2.21. The maximum Gasteiger partial charge on any atom is 0.0696 e. The first-order chi connectivity index (χ1) is 7.30. The number of allylic oxidation sites excluding steroid dienone is 4. The van der Waals surface area contributed by atoms with Gasteiger partial charge < -0.3 is 5.11 Å². The Kier molecular flexibility index (Phi) is 4.78. The molecule has 1 rings (SSSR count). The van der Waals surface area contributed by atoms with Crippen LogP contribution in [-0.4, -0.2) is 10.1 Å². The SMILES string of the molecule is C/C=C\C(=C/C)Cc1ccc(CO)cn1. The van der Waals surface area contributed by atoms with Crippen LogP contribution in [0.25, 0.3) is 0 Å². The average Bonchev–Trinajstić information content (AvgIpc) is 2.29. The Morgan fingerprint density at radius 2 is 2.20 bits per heavy atom. The van der Waals surface area contributed by atoms with Crippen LogP contribution in [0.15, 0.2) is 42.1 Å². The maximum atomic E-state index is 8.88. The normalized spacial score (nSPS) is 12.3. The summed E-state index contributed by atoms with van der Waals surface area (Å²) >= 11 is 0. The molecule has 80 valence electrons. The van der Waals surface area contributed by atoms with Crippen LogP contribution in [0.3, 0.4) is 0 Å². The summed E-state index contributed by atoms with van der Waals surface area (Å²) in [7, 11) is 0. The molecule has 15 heavy (non-hydrogen) atoms. The van der Waals surface area contributed by atoms with Gasteiger partial charge in [0.2, 0.25) is 0 Å². The third-order valence-electron chi connectivity index (χ3n) is 2.21. The number of aliphatic hydroxyl groups excluding tert-OH is 1. The van der Waals surface area contributed by atoms with Gasteiger partial charge in [-0.1, -0.05) is 24.3 Å². The van der Waals surface area contributed by atoms with Crippen LogP contribution in [0.2, 0.25) is 0 Å². The van der Waals surface area contributed by atoms with Gasteiger partial charge in [0, 0.05) is 18.3 Å². The Bertz CT molecular complexity index is 349. The molecule has 0 unspecified atom stereocenters. The van der Waals surface area contributed by atoms with Gasteiger partial charge in [0.15, 0.2) is 0 Å². The number of nitrogens with zero attached hydrogens (tertiary/aromatic N) is 1. The molecule has 1 aromatic rings. The number of aromatic nitrogens is 1. The zero-order valence-electron chi connectivity index (χ0n) is 9.27. The lowest BCUT2D eigenvalue weighted by atomic mass is 10.1. The van der Waals surface area contributed by atoms with Crippen molar-refractivity contribution in [3.05, 3.63) is 53.4 Å². The summed E-state index contributed by atoms with van der Waals surface area (Å²) < 4.78 is 0. The van der Waals surface area contributed by atoms with Crippen LogP contribution >= 0.6 is 0 Å². The van der Waals surface area contributed by atoms with Crippen LogP contribution in [0.1, 0.15) is 25.1 Å². The van der Waals surface area contributed by atoms with Crippen molar-refractivity contribution >= 4 is 0 Å². The van der Waals surface area contributed by atoms with E-state index in [0.29, 0.717) is 0 Å². The van der Waals surface area contributed by atoms with Crippen molar-refractivity contribution in [3.63, 3.8) is 0 Å². The van der Waals surface area contributed by atoms with Crippen molar-refractivity contribution in [1.29, 1.82) is 0 Å². The number of rotatable bonds is 4. The fraction of sp³-hybridized carbons (Fsp3) is 0.308. The molecular formula is C13H17NO. The highest BCUT2D eigenvalue weighted by atomic mass is 16.3. The average molecular weight is 203 g/mol. The summed E-state index contributed by atoms with van der Waals surface area (Å²) in [4.78, 5) is 4.28. The minimum absolute atomic E-state index is 0.0542. The molecule has 0 aliphatic carbocycles. The topological polar surface area (TPSA) is 33.1 Å². The predicted molar refractivity (Wildman–Crippen MR) is 62.4 cm³/mol. The highest BCUT2D eigenvalue weighted by Gasteiger charge is 1.97. The monoisotopic (exact) mass is 203 g/mol. The number of hydrogen-bond acceptors (Lipinski definition) is 2. The Labute approximate surface area is 91.0 Å². The summed E-state index contributed by atoms with van der Waals surface area (Å²) in [6, 6.07) is 3.86. The Morgan fingerprint density at radius 3 is 2.67 bits per heavy atom. The van der Waals surface area contributed by atoms with Crippen molar-refractivity contribution < 1.29 is 5.11 Å². The van der Waals surface area contributed by atoms with Gasteiger partial charge in [0.25, 0.3) is 0 Å². The fourth-order valence-corrected chi connectivity index (χ4v) is 1.33. The maximum absolute atomic E-state index is 8.88. The van der Waals surface area contributed by atoms with Gasteiger partial charge in [-0.15, -0.1) is 0 Å². The molecule has 0 amide bonds. The second-order valence-corrected chi connectivity index (χ2v) is 3.36. The minimum atomic E-state index is 0.0542. The molecule has 0 spiro atoms. The predicted octanol–water partition coefficient (Wildman–Crippen LogP) is 2.64. The Morgan fingerprint density at radius 1 is 1.40 bits per heavy atom. The summed E-state index contributed by atoms with van der Waals surface area (Å²) in [5.41, 5.74) is 3.13. The second kappa shape index (κ2) is 6.14. The minimum Gasteiger partial charge on any atom is -0.392 e. The highest BCUT2D eigenvalue weighted by Crippen LogP contribution is 2.08. The summed E-state index contributed by atoms with van der Waals surface area (Å²) in [6.45, 7) is 4.09. The largest absolute Gasteiger partial charge is 0.392 e. The molecule has 1 aromatic heterocycles. The quantitative estimate of drug-likeness (QED) is 0.763. The highest BCUT2D eigenvalue weighted by molar-refractivity contribution is 5.25. The Balaban J connectivity index is 2.72. The molecule has 1 heterocycles. The molecule has 2 heteroatoms. The van der Waals surface area contributed by atoms with Gasteiger partial charge in [0.05, 0.1) is 6.61 Å². The molecule has 0 radical (unpaired) electrons.